The molecule has 1 rings (SSSR count). The maximum atomic E-state index is 8.68. The predicted molar refractivity (Wildman–Crippen MR) is 60.6 cm³/mol. The van der Waals surface area contributed by atoms with E-state index >= 15 is 0 Å². The summed E-state index contributed by atoms with van der Waals surface area (Å²) in [6, 6.07) is 9.71. The van der Waals surface area contributed by atoms with Gasteiger partial charge in [-0.25, -0.2) is 0 Å². The van der Waals surface area contributed by atoms with Gasteiger partial charge in [-0.2, -0.15) is 5.26 Å². The van der Waals surface area contributed by atoms with Crippen LogP contribution in [0.25, 0.3) is 0 Å². The first-order chi connectivity index (χ1) is 7.31. The highest BCUT2D eigenvalue weighted by molar-refractivity contribution is 5.34. The van der Waals surface area contributed by atoms with Crippen molar-refractivity contribution in [3.63, 3.8) is 0 Å². The van der Waals surface area contributed by atoms with E-state index in [2.05, 4.69) is 12.6 Å². The second-order valence-electron chi connectivity index (χ2n) is 3.36. The Bertz CT molecular complexity index is 348. The van der Waals surface area contributed by atoms with Gasteiger partial charge in [0.05, 0.1) is 11.6 Å². The average molecular weight is 201 g/mol. The van der Waals surface area contributed by atoms with Crippen LogP contribution >= 0.6 is 0 Å². The molecule has 15 heavy (non-hydrogen) atoms. The maximum absolute atomic E-state index is 8.68. The van der Waals surface area contributed by atoms with Gasteiger partial charge in [-0.1, -0.05) is 18.2 Å². The van der Waals surface area contributed by atoms with Crippen molar-refractivity contribution in [3.05, 3.63) is 48.0 Å². The summed E-state index contributed by atoms with van der Waals surface area (Å²) in [5, 5.41) is 8.68. The summed E-state index contributed by atoms with van der Waals surface area (Å²) in [7, 11) is 1.69. The van der Waals surface area contributed by atoms with Gasteiger partial charge in [0, 0.05) is 19.6 Å². The minimum atomic E-state index is 0.303. The number of methoxy groups -OCH3 is 1. The molecule has 0 heterocycles. The van der Waals surface area contributed by atoms with E-state index < -0.39 is 0 Å². The Morgan fingerprint density at radius 1 is 1.47 bits per heavy atom. The van der Waals surface area contributed by atoms with Gasteiger partial charge >= 0.3 is 0 Å². The standard InChI is InChI=1S/C13H15NO/c1-3-12(8-9-15-2)13-6-4-11(10-14)5-7-13/h3-7,12H,1,8-9H2,2H3. The second-order valence-corrected chi connectivity index (χ2v) is 3.36. The van der Waals surface area contributed by atoms with E-state index in [1.54, 1.807) is 7.11 Å². The van der Waals surface area contributed by atoms with Crippen molar-refractivity contribution in [1.82, 2.24) is 0 Å². The smallest absolute Gasteiger partial charge is 0.0991 e. The lowest BCUT2D eigenvalue weighted by molar-refractivity contribution is 0.191. The lowest BCUT2D eigenvalue weighted by Crippen LogP contribution is -1.99. The zero-order valence-corrected chi connectivity index (χ0v) is 8.94. The highest BCUT2D eigenvalue weighted by atomic mass is 16.5. The molecule has 78 valence electrons. The monoisotopic (exact) mass is 201 g/mol. The van der Waals surface area contributed by atoms with Gasteiger partial charge in [0.1, 0.15) is 0 Å². The van der Waals surface area contributed by atoms with Crippen LogP contribution in [0.15, 0.2) is 36.9 Å². The molecule has 0 amide bonds. The summed E-state index contributed by atoms with van der Waals surface area (Å²) >= 11 is 0. The molecule has 0 saturated carbocycles. The zero-order chi connectivity index (χ0) is 11.1. The van der Waals surface area contributed by atoms with Crippen molar-refractivity contribution in [3.8, 4) is 6.07 Å². The molecule has 0 fully saturated rings. The van der Waals surface area contributed by atoms with Crippen LogP contribution in [-0.4, -0.2) is 13.7 Å². The van der Waals surface area contributed by atoms with Crippen LogP contribution < -0.4 is 0 Å². The van der Waals surface area contributed by atoms with E-state index in [0.717, 1.165) is 13.0 Å². The number of benzene rings is 1. The van der Waals surface area contributed by atoms with Gasteiger partial charge in [0.15, 0.2) is 0 Å². The Kier molecular flexibility index (Phi) is 4.59. The molecule has 0 aliphatic rings. The fourth-order valence-corrected chi connectivity index (χ4v) is 1.47. The molecule has 0 radical (unpaired) electrons. The first-order valence-electron chi connectivity index (χ1n) is 4.93. The van der Waals surface area contributed by atoms with Crippen LogP contribution in [0.1, 0.15) is 23.5 Å². The molecule has 2 heteroatoms. The zero-order valence-electron chi connectivity index (χ0n) is 8.94. The van der Waals surface area contributed by atoms with Crippen LogP contribution in [0, 0.1) is 11.3 Å². The molecular weight excluding hydrogens is 186 g/mol. The quantitative estimate of drug-likeness (QED) is 0.686. The summed E-state index contributed by atoms with van der Waals surface area (Å²) in [4.78, 5) is 0. The summed E-state index contributed by atoms with van der Waals surface area (Å²) in [5.41, 5.74) is 1.87. The van der Waals surface area contributed by atoms with E-state index in [9.17, 15) is 0 Å². The number of ether oxygens (including phenoxy) is 1. The number of nitrogens with zero attached hydrogens (tertiary/aromatic N) is 1. The van der Waals surface area contributed by atoms with Crippen molar-refractivity contribution in [2.24, 2.45) is 0 Å². The number of hydrogen-bond acceptors (Lipinski definition) is 2. The first-order valence-corrected chi connectivity index (χ1v) is 4.93. The summed E-state index contributed by atoms with van der Waals surface area (Å²) in [6.07, 6.45) is 2.84. The fraction of sp³-hybridized carbons (Fsp3) is 0.308. The third-order valence-electron chi connectivity index (χ3n) is 2.39. The maximum Gasteiger partial charge on any atom is 0.0991 e. The Morgan fingerprint density at radius 3 is 2.60 bits per heavy atom. The van der Waals surface area contributed by atoms with Crippen LogP contribution in [0.4, 0.5) is 0 Å². The molecule has 0 aliphatic heterocycles. The SMILES string of the molecule is C=CC(CCOC)c1ccc(C#N)cc1. The Hall–Kier alpha value is -1.59. The Labute approximate surface area is 90.8 Å². The number of hydrogen-bond donors (Lipinski definition) is 0. The summed E-state index contributed by atoms with van der Waals surface area (Å²) < 4.78 is 5.04. The van der Waals surface area contributed by atoms with Gasteiger partial charge in [-0.05, 0) is 24.1 Å². The number of allylic oxidation sites excluding steroid dienone is 1. The van der Waals surface area contributed by atoms with E-state index in [1.807, 2.05) is 30.3 Å². The molecule has 0 N–H and O–H groups in total. The van der Waals surface area contributed by atoms with Gasteiger partial charge in [-0.3, -0.25) is 0 Å². The molecular formula is C13H15NO. The molecule has 2 nitrogen and oxygen atoms in total. The highest BCUT2D eigenvalue weighted by Crippen LogP contribution is 2.20. The Balaban J connectivity index is 2.74. The second kappa shape index (κ2) is 6.00. The number of rotatable bonds is 5. The molecule has 1 atom stereocenters. The highest BCUT2D eigenvalue weighted by Gasteiger charge is 2.06. The minimum Gasteiger partial charge on any atom is -0.385 e. The van der Waals surface area contributed by atoms with Crippen molar-refractivity contribution in [2.45, 2.75) is 12.3 Å². The van der Waals surface area contributed by atoms with Crippen molar-refractivity contribution in [1.29, 1.82) is 5.26 Å². The van der Waals surface area contributed by atoms with Gasteiger partial charge in [-0.15, -0.1) is 6.58 Å². The van der Waals surface area contributed by atoms with Crippen molar-refractivity contribution in [2.75, 3.05) is 13.7 Å². The van der Waals surface area contributed by atoms with Gasteiger partial charge in [0.2, 0.25) is 0 Å². The summed E-state index contributed by atoms with van der Waals surface area (Å²) in [6.45, 7) is 4.53. The van der Waals surface area contributed by atoms with Crippen molar-refractivity contribution >= 4 is 0 Å². The third kappa shape index (κ3) is 3.23. The predicted octanol–water partition coefficient (Wildman–Crippen LogP) is 2.86. The van der Waals surface area contributed by atoms with E-state index in [0.29, 0.717) is 11.5 Å². The number of nitriles is 1. The van der Waals surface area contributed by atoms with Gasteiger partial charge in [0.25, 0.3) is 0 Å². The Morgan fingerprint density at radius 2 is 2.13 bits per heavy atom. The lowest BCUT2D eigenvalue weighted by Gasteiger charge is -2.11. The molecule has 0 aromatic heterocycles. The first kappa shape index (κ1) is 11.5. The van der Waals surface area contributed by atoms with Crippen LogP contribution in [0.2, 0.25) is 0 Å². The molecule has 0 aliphatic carbocycles. The fourth-order valence-electron chi connectivity index (χ4n) is 1.47. The molecule has 1 aromatic rings. The topological polar surface area (TPSA) is 33.0 Å². The largest absolute Gasteiger partial charge is 0.385 e. The molecule has 1 unspecified atom stereocenters. The van der Waals surface area contributed by atoms with E-state index in [-0.39, 0.29) is 0 Å². The lowest BCUT2D eigenvalue weighted by atomic mass is 9.95. The van der Waals surface area contributed by atoms with Crippen LogP contribution in [0.3, 0.4) is 0 Å². The minimum absolute atomic E-state index is 0.303. The summed E-state index contributed by atoms with van der Waals surface area (Å²) in [5.74, 6) is 0.303. The molecule has 0 saturated heterocycles. The molecule has 0 bridgehead atoms. The van der Waals surface area contributed by atoms with Gasteiger partial charge < -0.3 is 4.74 Å². The van der Waals surface area contributed by atoms with Crippen molar-refractivity contribution < 1.29 is 4.74 Å². The van der Waals surface area contributed by atoms with E-state index in [1.165, 1.54) is 5.56 Å². The third-order valence-corrected chi connectivity index (χ3v) is 2.39. The normalized spacial score (nSPS) is 11.7. The average Bonchev–Trinajstić information content (AvgIpc) is 2.31. The van der Waals surface area contributed by atoms with E-state index in [4.69, 9.17) is 10.00 Å². The molecule has 0 spiro atoms. The molecule has 1 aromatic carbocycles. The van der Waals surface area contributed by atoms with Crippen LogP contribution in [-0.2, 0) is 4.74 Å². The van der Waals surface area contributed by atoms with Crippen LogP contribution in [0.5, 0.6) is 0 Å².